The first kappa shape index (κ1) is 25.1. The Labute approximate surface area is 165 Å². The maximum Gasteiger partial charge on any atom is 0.326 e. The molecule has 158 valence electrons. The summed E-state index contributed by atoms with van der Waals surface area (Å²) in [5.74, 6) is -6.21. The fourth-order valence-corrected chi connectivity index (χ4v) is 2.00. The molecule has 0 aromatic heterocycles. The van der Waals surface area contributed by atoms with E-state index in [1.165, 1.54) is 0 Å². The largest absolute Gasteiger partial charge is 0.481 e. The third-order valence-electron chi connectivity index (χ3n) is 3.28. The molecule has 0 radical (unpaired) electrons. The van der Waals surface area contributed by atoms with Crippen molar-refractivity contribution in [3.8, 4) is 0 Å². The van der Waals surface area contributed by atoms with Crippen molar-refractivity contribution in [2.45, 2.75) is 37.4 Å². The van der Waals surface area contributed by atoms with Gasteiger partial charge in [-0.1, -0.05) is 0 Å². The number of amides is 4. The molecule has 28 heavy (non-hydrogen) atoms. The molecule has 0 aliphatic carbocycles. The lowest BCUT2D eigenvalue weighted by atomic mass is 10.1. The second kappa shape index (κ2) is 12.5. The van der Waals surface area contributed by atoms with E-state index < -0.39 is 73.1 Å². The summed E-state index contributed by atoms with van der Waals surface area (Å²) in [5, 5.41) is 23.9. The van der Waals surface area contributed by atoms with E-state index in [9.17, 15) is 28.8 Å². The van der Waals surface area contributed by atoms with Gasteiger partial charge in [0.2, 0.25) is 23.6 Å². The molecule has 13 nitrogen and oxygen atoms in total. The number of hydrogen-bond donors (Lipinski definition) is 8. The van der Waals surface area contributed by atoms with Crippen LogP contribution in [0.1, 0.15) is 19.3 Å². The number of aliphatic carboxylic acids is 2. The van der Waals surface area contributed by atoms with Crippen LogP contribution in [0, 0.1) is 0 Å². The van der Waals surface area contributed by atoms with Crippen molar-refractivity contribution >= 4 is 48.2 Å². The van der Waals surface area contributed by atoms with Crippen molar-refractivity contribution in [1.29, 1.82) is 0 Å². The second-order valence-corrected chi connectivity index (χ2v) is 5.99. The molecule has 0 aliphatic heterocycles. The lowest BCUT2D eigenvalue weighted by Crippen LogP contribution is -2.54. The molecule has 0 saturated carbocycles. The van der Waals surface area contributed by atoms with E-state index in [4.69, 9.17) is 21.7 Å². The van der Waals surface area contributed by atoms with Gasteiger partial charge in [0.25, 0.3) is 0 Å². The number of hydrogen-bond acceptors (Lipinski definition) is 8. The molecule has 0 bridgehead atoms. The van der Waals surface area contributed by atoms with Crippen molar-refractivity contribution < 1.29 is 39.0 Å². The highest BCUT2D eigenvalue weighted by Gasteiger charge is 2.26. The van der Waals surface area contributed by atoms with E-state index in [1.54, 1.807) is 0 Å². The molecule has 0 saturated heterocycles. The average molecular weight is 421 g/mol. The number of rotatable bonds is 13. The van der Waals surface area contributed by atoms with Crippen molar-refractivity contribution in [2.75, 3.05) is 12.3 Å². The average Bonchev–Trinajstić information content (AvgIpc) is 2.60. The standard InChI is InChI=1S/C14H23N5O8S/c15-6(5-28)12(24)19-8(3-9(16)20)13(25)17-4-10(21)18-7(14(26)27)1-2-11(22)23/h6-8,28H,1-5,15H2,(H2,16,20)(H,17,25)(H,18,21)(H,19,24)(H,22,23)(H,26,27). The predicted octanol–water partition coefficient (Wildman–Crippen LogP) is -3.85. The Kier molecular flexibility index (Phi) is 11.2. The van der Waals surface area contributed by atoms with Gasteiger partial charge in [0.15, 0.2) is 0 Å². The van der Waals surface area contributed by atoms with Gasteiger partial charge in [-0.2, -0.15) is 12.6 Å². The van der Waals surface area contributed by atoms with Crippen LogP contribution in [0.15, 0.2) is 0 Å². The topological polar surface area (TPSA) is 231 Å². The van der Waals surface area contributed by atoms with E-state index in [0.29, 0.717) is 0 Å². The third kappa shape index (κ3) is 10.3. The van der Waals surface area contributed by atoms with E-state index in [2.05, 4.69) is 23.3 Å². The molecule has 9 N–H and O–H groups in total. The van der Waals surface area contributed by atoms with Gasteiger partial charge in [0.1, 0.15) is 12.1 Å². The minimum Gasteiger partial charge on any atom is -0.481 e. The minimum atomic E-state index is -1.46. The summed E-state index contributed by atoms with van der Waals surface area (Å²) in [4.78, 5) is 68.2. The fraction of sp³-hybridized carbons (Fsp3) is 0.571. The first-order chi connectivity index (χ1) is 13.0. The van der Waals surface area contributed by atoms with E-state index in [-0.39, 0.29) is 12.2 Å². The molecule has 0 fully saturated rings. The Bertz CT molecular complexity index is 629. The smallest absolute Gasteiger partial charge is 0.326 e. The van der Waals surface area contributed by atoms with Crippen molar-refractivity contribution in [3.63, 3.8) is 0 Å². The first-order valence-electron chi connectivity index (χ1n) is 7.94. The SMILES string of the molecule is NC(=O)CC(NC(=O)C(N)CS)C(=O)NCC(=O)NC(CCC(=O)O)C(=O)O. The Morgan fingerprint density at radius 2 is 1.57 bits per heavy atom. The molecule has 0 aliphatic rings. The Morgan fingerprint density at radius 1 is 0.964 bits per heavy atom. The minimum absolute atomic E-state index is 0.0218. The van der Waals surface area contributed by atoms with Gasteiger partial charge in [-0.25, -0.2) is 4.79 Å². The number of thiol groups is 1. The second-order valence-electron chi connectivity index (χ2n) is 5.63. The number of carbonyl (C=O) groups is 6. The summed E-state index contributed by atoms with van der Waals surface area (Å²) in [5.41, 5.74) is 10.5. The molecule has 3 unspecified atom stereocenters. The number of carboxylic acid groups (broad SMARTS) is 2. The zero-order valence-electron chi connectivity index (χ0n) is 14.7. The van der Waals surface area contributed by atoms with Crippen LogP contribution in [-0.4, -0.2) is 76.2 Å². The summed E-state index contributed by atoms with van der Waals surface area (Å²) in [6.45, 7) is -0.681. The summed E-state index contributed by atoms with van der Waals surface area (Å²) in [6.07, 6.45) is -1.40. The number of primary amides is 1. The number of carboxylic acids is 2. The third-order valence-corrected chi connectivity index (χ3v) is 3.67. The fourth-order valence-electron chi connectivity index (χ4n) is 1.83. The molecule has 0 aromatic carbocycles. The molecule has 0 rings (SSSR count). The van der Waals surface area contributed by atoms with Gasteiger partial charge in [0, 0.05) is 12.2 Å². The van der Waals surface area contributed by atoms with Gasteiger partial charge in [-0.15, -0.1) is 0 Å². The molecule has 0 spiro atoms. The van der Waals surface area contributed by atoms with Crippen molar-refractivity contribution in [3.05, 3.63) is 0 Å². The highest BCUT2D eigenvalue weighted by molar-refractivity contribution is 7.80. The van der Waals surface area contributed by atoms with Crippen LogP contribution in [-0.2, 0) is 28.8 Å². The molecule has 3 atom stereocenters. The summed E-state index contributed by atoms with van der Waals surface area (Å²) < 4.78 is 0. The Balaban J connectivity index is 4.78. The Hall–Kier alpha value is -2.87. The van der Waals surface area contributed by atoms with Gasteiger partial charge >= 0.3 is 11.9 Å². The summed E-state index contributed by atoms with van der Waals surface area (Å²) in [6, 6.07) is -3.90. The quantitative estimate of drug-likeness (QED) is 0.136. The molecular formula is C14H23N5O8S. The van der Waals surface area contributed by atoms with Gasteiger partial charge in [0.05, 0.1) is 19.0 Å². The number of nitrogens with two attached hydrogens (primary N) is 2. The normalized spacial score (nSPS) is 13.5. The van der Waals surface area contributed by atoms with Crippen LogP contribution < -0.4 is 27.4 Å². The maximum absolute atomic E-state index is 12.1. The van der Waals surface area contributed by atoms with Crippen LogP contribution >= 0.6 is 12.6 Å². The van der Waals surface area contributed by atoms with Crippen molar-refractivity contribution in [2.24, 2.45) is 11.5 Å². The molecule has 0 heterocycles. The van der Waals surface area contributed by atoms with Gasteiger partial charge in [-0.05, 0) is 6.42 Å². The lowest BCUT2D eigenvalue weighted by molar-refractivity contribution is -0.143. The molecule has 4 amide bonds. The van der Waals surface area contributed by atoms with Crippen LogP contribution in [0.25, 0.3) is 0 Å². The zero-order chi connectivity index (χ0) is 21.9. The first-order valence-corrected chi connectivity index (χ1v) is 8.57. The van der Waals surface area contributed by atoms with Gasteiger partial charge in [-0.3, -0.25) is 24.0 Å². The molecular weight excluding hydrogens is 398 g/mol. The Morgan fingerprint density at radius 3 is 2.04 bits per heavy atom. The highest BCUT2D eigenvalue weighted by atomic mass is 32.1. The van der Waals surface area contributed by atoms with E-state index >= 15 is 0 Å². The van der Waals surface area contributed by atoms with Gasteiger partial charge < -0.3 is 37.6 Å². The van der Waals surface area contributed by atoms with Crippen molar-refractivity contribution in [1.82, 2.24) is 16.0 Å². The van der Waals surface area contributed by atoms with Crippen LogP contribution in [0.2, 0.25) is 0 Å². The van der Waals surface area contributed by atoms with Crippen LogP contribution in [0.3, 0.4) is 0 Å². The number of carbonyl (C=O) groups excluding carboxylic acids is 4. The summed E-state index contributed by atoms with van der Waals surface area (Å²) >= 11 is 3.83. The highest BCUT2D eigenvalue weighted by Crippen LogP contribution is 1.98. The van der Waals surface area contributed by atoms with Crippen LogP contribution in [0.4, 0.5) is 0 Å². The van der Waals surface area contributed by atoms with E-state index in [0.717, 1.165) is 0 Å². The lowest BCUT2D eigenvalue weighted by Gasteiger charge is -2.19. The van der Waals surface area contributed by atoms with Crippen LogP contribution in [0.5, 0.6) is 0 Å². The van der Waals surface area contributed by atoms with E-state index in [1.807, 2.05) is 5.32 Å². The predicted molar refractivity (Wildman–Crippen MR) is 97.0 cm³/mol. The number of nitrogens with one attached hydrogen (secondary N) is 3. The summed E-state index contributed by atoms with van der Waals surface area (Å²) in [7, 11) is 0. The monoisotopic (exact) mass is 421 g/mol. The maximum atomic E-state index is 12.1. The molecule has 0 aromatic rings. The zero-order valence-corrected chi connectivity index (χ0v) is 15.6. The molecule has 14 heteroatoms.